The highest BCUT2D eigenvalue weighted by molar-refractivity contribution is 7.87. The van der Waals surface area contributed by atoms with Crippen LogP contribution in [0.25, 0.3) is 6.08 Å². The number of rotatable bonds is 7. The quantitative estimate of drug-likeness (QED) is 0.595. The number of methoxy groups -OCH3 is 2. The van der Waals surface area contributed by atoms with Gasteiger partial charge in [-0.05, 0) is 48.0 Å². The number of carboxylic acid groups (broad SMARTS) is 1. The minimum absolute atomic E-state index is 0.00852. The van der Waals surface area contributed by atoms with Crippen LogP contribution < -0.4 is 13.7 Å². The summed E-state index contributed by atoms with van der Waals surface area (Å²) in [7, 11) is -1.23. The number of aliphatic carboxylic acids is 1. The van der Waals surface area contributed by atoms with Gasteiger partial charge in [-0.1, -0.05) is 6.07 Å². The van der Waals surface area contributed by atoms with E-state index >= 15 is 0 Å². The van der Waals surface area contributed by atoms with Crippen molar-refractivity contribution in [2.24, 2.45) is 0 Å². The van der Waals surface area contributed by atoms with E-state index in [9.17, 15) is 13.2 Å². The van der Waals surface area contributed by atoms with E-state index in [4.69, 9.17) is 18.8 Å². The molecule has 0 atom stereocenters. The highest BCUT2D eigenvalue weighted by atomic mass is 32.2. The molecule has 0 amide bonds. The zero-order valence-electron chi connectivity index (χ0n) is 13.5. The van der Waals surface area contributed by atoms with Gasteiger partial charge in [-0.15, -0.1) is 0 Å². The Morgan fingerprint density at radius 3 is 2.24 bits per heavy atom. The third kappa shape index (κ3) is 4.74. The Balaban J connectivity index is 2.29. The summed E-state index contributed by atoms with van der Waals surface area (Å²) >= 11 is 0. The van der Waals surface area contributed by atoms with Crippen molar-refractivity contribution in [2.75, 3.05) is 14.2 Å². The number of benzene rings is 2. The van der Waals surface area contributed by atoms with Crippen LogP contribution in [0.2, 0.25) is 0 Å². The molecular weight excluding hydrogens is 348 g/mol. The molecule has 2 rings (SSSR count). The van der Waals surface area contributed by atoms with Crippen molar-refractivity contribution in [2.45, 2.75) is 4.90 Å². The topological polar surface area (TPSA) is 99.1 Å². The highest BCUT2D eigenvalue weighted by Gasteiger charge is 2.19. The molecule has 1 N–H and O–H groups in total. The van der Waals surface area contributed by atoms with E-state index in [0.29, 0.717) is 11.3 Å². The van der Waals surface area contributed by atoms with Crippen molar-refractivity contribution in [3.05, 3.63) is 54.1 Å². The van der Waals surface area contributed by atoms with Gasteiger partial charge in [0.15, 0.2) is 11.5 Å². The maximum absolute atomic E-state index is 12.4. The van der Waals surface area contributed by atoms with Crippen molar-refractivity contribution < 1.29 is 32.0 Å². The Morgan fingerprint density at radius 1 is 1.00 bits per heavy atom. The number of ether oxygens (including phenoxy) is 2. The third-order valence-electron chi connectivity index (χ3n) is 3.15. The van der Waals surface area contributed by atoms with E-state index < -0.39 is 16.1 Å². The van der Waals surface area contributed by atoms with Gasteiger partial charge in [0.25, 0.3) is 0 Å². The number of carboxylic acids is 1. The molecule has 0 bridgehead atoms. The molecule has 0 saturated heterocycles. The van der Waals surface area contributed by atoms with Gasteiger partial charge in [-0.2, -0.15) is 8.42 Å². The molecule has 0 saturated carbocycles. The second-order valence-electron chi connectivity index (χ2n) is 4.79. The number of hydrogen-bond acceptors (Lipinski definition) is 6. The molecule has 0 fully saturated rings. The van der Waals surface area contributed by atoms with Gasteiger partial charge in [-0.25, -0.2) is 4.79 Å². The van der Waals surface area contributed by atoms with Crippen molar-refractivity contribution in [3.8, 4) is 17.2 Å². The van der Waals surface area contributed by atoms with Crippen LogP contribution in [0, 0.1) is 0 Å². The van der Waals surface area contributed by atoms with Crippen LogP contribution in [0.1, 0.15) is 5.56 Å². The predicted octanol–water partition coefficient (Wildman–Crippen LogP) is 2.57. The Bertz CT molecular complexity index is 884. The third-order valence-corrected chi connectivity index (χ3v) is 4.40. The smallest absolute Gasteiger partial charge is 0.339 e. The van der Waals surface area contributed by atoms with E-state index in [1.54, 1.807) is 0 Å². The fourth-order valence-electron chi connectivity index (χ4n) is 1.93. The van der Waals surface area contributed by atoms with Gasteiger partial charge in [-0.3, -0.25) is 0 Å². The fraction of sp³-hybridized carbons (Fsp3) is 0.118. The molecule has 8 heteroatoms. The van der Waals surface area contributed by atoms with Gasteiger partial charge >= 0.3 is 16.1 Å². The van der Waals surface area contributed by atoms with Crippen molar-refractivity contribution in [3.63, 3.8) is 0 Å². The summed E-state index contributed by atoms with van der Waals surface area (Å²) in [6.45, 7) is 0. The Labute approximate surface area is 145 Å². The van der Waals surface area contributed by atoms with Crippen LogP contribution >= 0.6 is 0 Å². The monoisotopic (exact) mass is 364 g/mol. The lowest BCUT2D eigenvalue weighted by Gasteiger charge is -2.11. The van der Waals surface area contributed by atoms with E-state index in [-0.39, 0.29) is 16.4 Å². The van der Waals surface area contributed by atoms with Crippen LogP contribution in [-0.4, -0.2) is 33.7 Å². The van der Waals surface area contributed by atoms with Crippen LogP contribution in [0.5, 0.6) is 17.2 Å². The molecule has 0 aliphatic rings. The zero-order chi connectivity index (χ0) is 18.4. The second-order valence-corrected chi connectivity index (χ2v) is 6.34. The first-order valence-corrected chi connectivity index (χ1v) is 8.44. The molecule has 132 valence electrons. The number of carbonyl (C=O) groups is 1. The summed E-state index contributed by atoms with van der Waals surface area (Å²) < 4.78 is 40.0. The lowest BCUT2D eigenvalue weighted by Crippen LogP contribution is -2.10. The van der Waals surface area contributed by atoms with Crippen molar-refractivity contribution in [1.82, 2.24) is 0 Å². The zero-order valence-corrected chi connectivity index (χ0v) is 14.3. The summed E-state index contributed by atoms with van der Waals surface area (Å²) in [5.41, 5.74) is 0.522. The van der Waals surface area contributed by atoms with E-state index in [2.05, 4.69) is 0 Å². The highest BCUT2D eigenvalue weighted by Crippen LogP contribution is 2.31. The maximum Gasteiger partial charge on any atom is 0.339 e. The van der Waals surface area contributed by atoms with Crippen LogP contribution in [0.4, 0.5) is 0 Å². The van der Waals surface area contributed by atoms with E-state index in [1.165, 1.54) is 62.8 Å². The molecule has 0 radical (unpaired) electrons. The minimum atomic E-state index is -4.06. The van der Waals surface area contributed by atoms with Gasteiger partial charge in [0, 0.05) is 6.08 Å². The van der Waals surface area contributed by atoms with Gasteiger partial charge < -0.3 is 18.8 Å². The Morgan fingerprint density at radius 2 is 1.68 bits per heavy atom. The second kappa shape index (κ2) is 7.71. The Hall–Kier alpha value is -3.00. The maximum atomic E-state index is 12.4. The average Bonchev–Trinajstić information content (AvgIpc) is 2.60. The van der Waals surface area contributed by atoms with E-state index in [0.717, 1.165) is 6.08 Å². The summed E-state index contributed by atoms with van der Waals surface area (Å²) in [5.74, 6) is -0.428. The molecule has 0 aliphatic heterocycles. The molecule has 2 aromatic carbocycles. The van der Waals surface area contributed by atoms with Crippen LogP contribution in [-0.2, 0) is 14.9 Å². The molecule has 0 aromatic heterocycles. The summed E-state index contributed by atoms with van der Waals surface area (Å²) in [5, 5.41) is 8.64. The summed E-state index contributed by atoms with van der Waals surface area (Å²) in [6.07, 6.45) is 2.32. The molecule has 0 heterocycles. The molecular formula is C17H16O7S. The molecule has 7 nitrogen and oxygen atoms in total. The molecule has 0 spiro atoms. The molecule has 0 aliphatic carbocycles. The SMILES string of the molecule is COc1ccc(S(=O)(=O)Oc2ccc(/C=C/C(=O)O)cc2OC)cc1. The Kier molecular flexibility index (Phi) is 5.66. The lowest BCUT2D eigenvalue weighted by molar-refractivity contribution is -0.131. The molecule has 0 unspecified atom stereocenters. The van der Waals surface area contributed by atoms with Gasteiger partial charge in [0.05, 0.1) is 14.2 Å². The molecule has 25 heavy (non-hydrogen) atoms. The van der Waals surface area contributed by atoms with Gasteiger partial charge in [0.2, 0.25) is 0 Å². The van der Waals surface area contributed by atoms with Crippen LogP contribution in [0.15, 0.2) is 53.4 Å². The van der Waals surface area contributed by atoms with Crippen molar-refractivity contribution >= 4 is 22.2 Å². The fourth-order valence-corrected chi connectivity index (χ4v) is 2.87. The van der Waals surface area contributed by atoms with Gasteiger partial charge in [0.1, 0.15) is 10.6 Å². The van der Waals surface area contributed by atoms with Crippen LogP contribution in [0.3, 0.4) is 0 Å². The summed E-state index contributed by atoms with van der Waals surface area (Å²) in [4.78, 5) is 10.5. The normalized spacial score (nSPS) is 11.3. The average molecular weight is 364 g/mol. The minimum Gasteiger partial charge on any atom is -0.497 e. The first kappa shape index (κ1) is 18.3. The lowest BCUT2D eigenvalue weighted by atomic mass is 10.2. The van der Waals surface area contributed by atoms with E-state index in [1.807, 2.05) is 0 Å². The largest absolute Gasteiger partial charge is 0.497 e. The first-order chi connectivity index (χ1) is 11.9. The van der Waals surface area contributed by atoms with Crippen molar-refractivity contribution in [1.29, 1.82) is 0 Å². The first-order valence-electron chi connectivity index (χ1n) is 7.03. The predicted molar refractivity (Wildman–Crippen MR) is 90.5 cm³/mol. The summed E-state index contributed by atoms with van der Waals surface area (Å²) in [6, 6.07) is 10.1. The standard InChI is InChI=1S/C17H16O7S/c1-22-13-5-7-14(8-6-13)25(20,21)24-15-9-3-12(4-10-17(18)19)11-16(15)23-2/h3-11H,1-2H3,(H,18,19)/b10-4+. The molecule has 2 aromatic rings. The number of hydrogen-bond donors (Lipinski definition) is 1.